The first-order chi connectivity index (χ1) is 14.3. The van der Waals surface area contributed by atoms with Crippen molar-refractivity contribution in [2.75, 3.05) is 18.8 Å². The molecule has 1 heterocycles. The van der Waals surface area contributed by atoms with Crippen LogP contribution in [0.4, 0.5) is 5.82 Å². The Morgan fingerprint density at radius 1 is 1.10 bits per heavy atom. The molecular formula is C23H33N5O2. The standard InChI is InChI=1S/C23H33N5O2/c1-5-28(6-2)17(4)22(29)27-20(13-18-9-7-8-16(3)12-18)23(30)26-15-19-10-11-21(24)25-14-19/h7-12,14,17,20H,5-6,13,15H2,1-4H3,(H2,24,25)(H,26,30)(H,27,29)/t17-,20-/m0/s1. The summed E-state index contributed by atoms with van der Waals surface area (Å²) in [7, 11) is 0. The maximum atomic E-state index is 13.0. The van der Waals surface area contributed by atoms with Crippen molar-refractivity contribution in [1.82, 2.24) is 20.5 Å². The van der Waals surface area contributed by atoms with Crippen molar-refractivity contribution in [1.29, 1.82) is 0 Å². The van der Waals surface area contributed by atoms with Crippen molar-refractivity contribution in [3.63, 3.8) is 0 Å². The third-order valence-electron chi connectivity index (χ3n) is 5.21. The molecule has 0 radical (unpaired) electrons. The first kappa shape index (κ1) is 23.3. The third-order valence-corrected chi connectivity index (χ3v) is 5.21. The number of carbonyl (C=O) groups excluding carboxylic acids is 2. The van der Waals surface area contributed by atoms with Gasteiger partial charge >= 0.3 is 0 Å². The van der Waals surface area contributed by atoms with Gasteiger partial charge in [0.25, 0.3) is 0 Å². The highest BCUT2D eigenvalue weighted by Gasteiger charge is 2.26. The van der Waals surface area contributed by atoms with Gasteiger partial charge in [-0.3, -0.25) is 14.5 Å². The lowest BCUT2D eigenvalue weighted by molar-refractivity contribution is -0.131. The number of amides is 2. The van der Waals surface area contributed by atoms with E-state index in [0.29, 0.717) is 18.8 Å². The summed E-state index contributed by atoms with van der Waals surface area (Å²) < 4.78 is 0. The fourth-order valence-corrected chi connectivity index (χ4v) is 3.37. The van der Waals surface area contributed by atoms with Gasteiger partial charge in [-0.1, -0.05) is 49.7 Å². The minimum atomic E-state index is -0.668. The molecule has 0 saturated heterocycles. The average Bonchev–Trinajstić information content (AvgIpc) is 2.73. The lowest BCUT2D eigenvalue weighted by Gasteiger charge is -2.27. The highest BCUT2D eigenvalue weighted by atomic mass is 16.2. The molecule has 0 unspecified atom stereocenters. The number of likely N-dealkylation sites (N-methyl/N-ethyl adjacent to an activating group) is 1. The number of nitrogens with two attached hydrogens (primary N) is 1. The first-order valence-corrected chi connectivity index (χ1v) is 10.4. The highest BCUT2D eigenvalue weighted by molar-refractivity contribution is 5.89. The Labute approximate surface area is 179 Å². The van der Waals surface area contributed by atoms with Crippen LogP contribution < -0.4 is 16.4 Å². The van der Waals surface area contributed by atoms with Gasteiger partial charge in [-0.2, -0.15) is 0 Å². The minimum Gasteiger partial charge on any atom is -0.384 e. The number of carbonyl (C=O) groups is 2. The van der Waals surface area contributed by atoms with Gasteiger partial charge < -0.3 is 16.4 Å². The van der Waals surface area contributed by atoms with Crippen LogP contribution in [0.3, 0.4) is 0 Å². The number of aromatic nitrogens is 1. The maximum absolute atomic E-state index is 13.0. The van der Waals surface area contributed by atoms with E-state index in [0.717, 1.165) is 29.8 Å². The number of nitrogen functional groups attached to an aromatic ring is 1. The Bertz CT molecular complexity index is 834. The van der Waals surface area contributed by atoms with Crippen LogP contribution in [0.1, 0.15) is 37.5 Å². The van der Waals surface area contributed by atoms with Gasteiger partial charge in [0.15, 0.2) is 0 Å². The summed E-state index contributed by atoms with van der Waals surface area (Å²) in [5, 5.41) is 5.86. The van der Waals surface area contributed by atoms with E-state index >= 15 is 0 Å². The Kier molecular flexibility index (Phi) is 8.80. The summed E-state index contributed by atoms with van der Waals surface area (Å²) in [5.74, 6) is 0.0501. The zero-order chi connectivity index (χ0) is 22.1. The largest absolute Gasteiger partial charge is 0.384 e. The predicted molar refractivity (Wildman–Crippen MR) is 120 cm³/mol. The Morgan fingerprint density at radius 3 is 2.43 bits per heavy atom. The molecule has 2 amide bonds. The van der Waals surface area contributed by atoms with Gasteiger partial charge in [0, 0.05) is 19.2 Å². The third kappa shape index (κ3) is 6.84. The number of nitrogens with zero attached hydrogens (tertiary/aromatic N) is 2. The molecule has 2 aromatic rings. The van der Waals surface area contributed by atoms with E-state index < -0.39 is 6.04 Å². The van der Waals surface area contributed by atoms with E-state index in [2.05, 4.69) is 20.5 Å². The lowest BCUT2D eigenvalue weighted by atomic mass is 10.0. The second-order valence-electron chi connectivity index (χ2n) is 7.46. The molecule has 7 nitrogen and oxygen atoms in total. The lowest BCUT2D eigenvalue weighted by Crippen LogP contribution is -2.53. The van der Waals surface area contributed by atoms with Crippen molar-refractivity contribution in [3.8, 4) is 0 Å². The normalized spacial score (nSPS) is 13.0. The molecule has 7 heteroatoms. The van der Waals surface area contributed by atoms with Crippen LogP contribution in [0, 0.1) is 6.92 Å². The number of rotatable bonds is 10. The molecule has 0 fully saturated rings. The van der Waals surface area contributed by atoms with Crippen LogP contribution in [0.25, 0.3) is 0 Å². The van der Waals surface area contributed by atoms with E-state index in [1.807, 2.05) is 58.0 Å². The van der Waals surface area contributed by atoms with Gasteiger partial charge in [-0.15, -0.1) is 0 Å². The molecule has 30 heavy (non-hydrogen) atoms. The smallest absolute Gasteiger partial charge is 0.243 e. The van der Waals surface area contributed by atoms with Crippen molar-refractivity contribution in [2.45, 2.75) is 52.7 Å². The Morgan fingerprint density at radius 2 is 1.83 bits per heavy atom. The predicted octanol–water partition coefficient (Wildman–Crippen LogP) is 2.05. The number of benzene rings is 1. The van der Waals surface area contributed by atoms with E-state index in [9.17, 15) is 9.59 Å². The molecular weight excluding hydrogens is 378 g/mol. The van der Waals surface area contributed by atoms with E-state index in [4.69, 9.17) is 5.73 Å². The monoisotopic (exact) mass is 411 g/mol. The summed E-state index contributed by atoms with van der Waals surface area (Å²) in [6.45, 7) is 9.76. The molecule has 0 aliphatic carbocycles. The van der Waals surface area contributed by atoms with E-state index in [-0.39, 0.29) is 17.9 Å². The van der Waals surface area contributed by atoms with Crippen LogP contribution in [-0.2, 0) is 22.6 Å². The van der Waals surface area contributed by atoms with Crippen molar-refractivity contribution >= 4 is 17.6 Å². The van der Waals surface area contributed by atoms with Crippen molar-refractivity contribution < 1.29 is 9.59 Å². The fraction of sp³-hybridized carbons (Fsp3) is 0.435. The summed E-state index contributed by atoms with van der Waals surface area (Å²) in [4.78, 5) is 31.9. The van der Waals surface area contributed by atoms with Crippen LogP contribution in [-0.4, -0.2) is 46.9 Å². The van der Waals surface area contributed by atoms with Crippen LogP contribution >= 0.6 is 0 Å². The van der Waals surface area contributed by atoms with Gasteiger partial charge in [-0.05, 0) is 44.1 Å². The maximum Gasteiger partial charge on any atom is 0.243 e. The second kappa shape index (κ2) is 11.3. The summed E-state index contributed by atoms with van der Waals surface area (Å²) in [6, 6.07) is 10.5. The number of aryl methyl sites for hydroxylation is 1. The van der Waals surface area contributed by atoms with Crippen molar-refractivity contribution in [2.24, 2.45) is 0 Å². The first-order valence-electron chi connectivity index (χ1n) is 10.4. The zero-order valence-electron chi connectivity index (χ0n) is 18.3. The molecule has 2 rings (SSSR count). The molecule has 0 aliphatic heterocycles. The summed E-state index contributed by atoms with van der Waals surface area (Å²) in [5.41, 5.74) is 8.57. The number of anilines is 1. The molecule has 0 spiro atoms. The Balaban J connectivity index is 2.11. The average molecular weight is 412 g/mol. The second-order valence-corrected chi connectivity index (χ2v) is 7.46. The highest BCUT2D eigenvalue weighted by Crippen LogP contribution is 2.09. The fourth-order valence-electron chi connectivity index (χ4n) is 3.37. The summed E-state index contributed by atoms with van der Waals surface area (Å²) >= 11 is 0. The zero-order valence-corrected chi connectivity index (χ0v) is 18.3. The van der Waals surface area contributed by atoms with Gasteiger partial charge in [0.05, 0.1) is 6.04 Å². The topological polar surface area (TPSA) is 100 Å². The number of nitrogens with one attached hydrogen (secondary N) is 2. The van der Waals surface area contributed by atoms with E-state index in [1.54, 1.807) is 12.3 Å². The molecule has 1 aromatic carbocycles. The summed E-state index contributed by atoms with van der Waals surface area (Å²) in [6.07, 6.45) is 2.05. The van der Waals surface area contributed by atoms with E-state index in [1.165, 1.54) is 0 Å². The SMILES string of the molecule is CCN(CC)[C@@H](C)C(=O)N[C@@H](Cc1cccc(C)c1)C(=O)NCc1ccc(N)nc1. The van der Waals surface area contributed by atoms with Gasteiger partial charge in [-0.25, -0.2) is 4.98 Å². The van der Waals surface area contributed by atoms with Gasteiger partial charge in [0.2, 0.25) is 11.8 Å². The van der Waals surface area contributed by atoms with Gasteiger partial charge in [0.1, 0.15) is 11.9 Å². The van der Waals surface area contributed by atoms with Crippen LogP contribution in [0.15, 0.2) is 42.6 Å². The molecule has 4 N–H and O–H groups in total. The number of hydrogen-bond donors (Lipinski definition) is 3. The molecule has 0 bridgehead atoms. The van der Waals surface area contributed by atoms with Crippen LogP contribution in [0.5, 0.6) is 0 Å². The number of pyridine rings is 1. The number of hydrogen-bond acceptors (Lipinski definition) is 5. The molecule has 0 aliphatic rings. The van der Waals surface area contributed by atoms with Crippen LogP contribution in [0.2, 0.25) is 0 Å². The minimum absolute atomic E-state index is 0.152. The molecule has 1 aromatic heterocycles. The molecule has 162 valence electrons. The van der Waals surface area contributed by atoms with Crippen molar-refractivity contribution in [3.05, 3.63) is 59.3 Å². The Hall–Kier alpha value is -2.93. The molecule has 2 atom stereocenters. The molecule has 0 saturated carbocycles. The quantitative estimate of drug-likeness (QED) is 0.556.